The number of carboxylic acids is 1. The third kappa shape index (κ3) is 2.51. The standard InChI is InChI=1S/C13H13N3O4/c1-8-5-9-10(6-14-8)12(16(19)20)4-3-11(9)15(2)7-13(17)18/h3-6H,7H2,1-2H3,(H,17,18). The predicted octanol–water partition coefficient (Wildman–Crippen LogP) is 1.97. The molecule has 0 bridgehead atoms. The van der Waals surface area contributed by atoms with Crippen molar-refractivity contribution in [3.8, 4) is 0 Å². The molecule has 1 heterocycles. The molecule has 20 heavy (non-hydrogen) atoms. The number of nitro benzene ring substituents is 1. The molecule has 2 rings (SSSR count). The minimum Gasteiger partial charge on any atom is -0.480 e. The molecule has 0 saturated carbocycles. The number of pyridine rings is 1. The summed E-state index contributed by atoms with van der Waals surface area (Å²) in [5.74, 6) is -0.968. The van der Waals surface area contributed by atoms with E-state index in [4.69, 9.17) is 5.11 Å². The molecule has 0 aliphatic carbocycles. The highest BCUT2D eigenvalue weighted by Gasteiger charge is 2.17. The number of anilines is 1. The van der Waals surface area contributed by atoms with Crippen molar-refractivity contribution >= 4 is 28.1 Å². The van der Waals surface area contributed by atoms with Gasteiger partial charge in [0, 0.05) is 36.1 Å². The van der Waals surface area contributed by atoms with Gasteiger partial charge in [0.2, 0.25) is 0 Å². The summed E-state index contributed by atoms with van der Waals surface area (Å²) < 4.78 is 0. The van der Waals surface area contributed by atoms with Crippen molar-refractivity contribution < 1.29 is 14.8 Å². The van der Waals surface area contributed by atoms with E-state index in [1.54, 1.807) is 26.1 Å². The zero-order valence-electron chi connectivity index (χ0n) is 11.0. The largest absolute Gasteiger partial charge is 0.480 e. The molecule has 0 fully saturated rings. The summed E-state index contributed by atoms with van der Waals surface area (Å²) in [5, 5.41) is 20.9. The summed E-state index contributed by atoms with van der Waals surface area (Å²) >= 11 is 0. The molecule has 0 aliphatic rings. The Balaban J connectivity index is 2.67. The summed E-state index contributed by atoms with van der Waals surface area (Å²) in [6.07, 6.45) is 1.45. The number of fused-ring (bicyclic) bond motifs is 1. The summed E-state index contributed by atoms with van der Waals surface area (Å²) in [7, 11) is 1.63. The smallest absolute Gasteiger partial charge is 0.323 e. The summed E-state index contributed by atoms with van der Waals surface area (Å²) in [6, 6.07) is 4.64. The first-order valence-electron chi connectivity index (χ1n) is 5.87. The van der Waals surface area contributed by atoms with Crippen LogP contribution in [0, 0.1) is 17.0 Å². The number of aliphatic carboxylic acids is 1. The highest BCUT2D eigenvalue weighted by molar-refractivity contribution is 6.00. The minimum atomic E-state index is -0.968. The van der Waals surface area contributed by atoms with E-state index in [0.717, 1.165) is 0 Å². The van der Waals surface area contributed by atoms with E-state index in [1.165, 1.54) is 17.2 Å². The molecular formula is C13H13N3O4. The molecule has 0 atom stereocenters. The molecule has 1 aromatic carbocycles. The highest BCUT2D eigenvalue weighted by Crippen LogP contribution is 2.32. The lowest BCUT2D eigenvalue weighted by Gasteiger charge is -2.19. The normalized spacial score (nSPS) is 10.5. The van der Waals surface area contributed by atoms with Crippen LogP contribution < -0.4 is 4.90 Å². The first kappa shape index (κ1) is 13.7. The van der Waals surface area contributed by atoms with Crippen molar-refractivity contribution in [1.29, 1.82) is 0 Å². The van der Waals surface area contributed by atoms with Gasteiger partial charge in [0.1, 0.15) is 6.54 Å². The van der Waals surface area contributed by atoms with Gasteiger partial charge in [-0.2, -0.15) is 0 Å². The number of aromatic nitrogens is 1. The minimum absolute atomic E-state index is 0.0417. The van der Waals surface area contributed by atoms with Gasteiger partial charge >= 0.3 is 5.97 Å². The lowest BCUT2D eigenvalue weighted by molar-refractivity contribution is -0.383. The van der Waals surface area contributed by atoms with Crippen LogP contribution in [-0.2, 0) is 4.79 Å². The van der Waals surface area contributed by atoms with E-state index in [0.29, 0.717) is 22.2 Å². The fourth-order valence-electron chi connectivity index (χ4n) is 2.09. The monoisotopic (exact) mass is 275 g/mol. The number of benzene rings is 1. The molecule has 0 spiro atoms. The number of nitro groups is 1. The zero-order valence-corrected chi connectivity index (χ0v) is 11.0. The molecular weight excluding hydrogens is 262 g/mol. The first-order valence-corrected chi connectivity index (χ1v) is 5.87. The van der Waals surface area contributed by atoms with Crippen molar-refractivity contribution in [3.05, 3.63) is 40.2 Å². The van der Waals surface area contributed by atoms with Gasteiger partial charge in [0.25, 0.3) is 5.69 Å². The van der Waals surface area contributed by atoms with Crippen LogP contribution in [0.1, 0.15) is 5.69 Å². The van der Waals surface area contributed by atoms with Crippen LogP contribution in [0.5, 0.6) is 0 Å². The van der Waals surface area contributed by atoms with Crippen molar-refractivity contribution in [3.63, 3.8) is 0 Å². The van der Waals surface area contributed by atoms with E-state index < -0.39 is 10.9 Å². The molecule has 104 valence electrons. The maximum atomic E-state index is 11.0. The van der Waals surface area contributed by atoms with E-state index in [-0.39, 0.29) is 12.2 Å². The van der Waals surface area contributed by atoms with Gasteiger partial charge < -0.3 is 10.0 Å². The molecule has 7 nitrogen and oxygen atoms in total. The third-order valence-electron chi connectivity index (χ3n) is 2.97. The quantitative estimate of drug-likeness (QED) is 0.676. The van der Waals surface area contributed by atoms with Gasteiger partial charge in [0.15, 0.2) is 0 Å². The van der Waals surface area contributed by atoms with Gasteiger partial charge in [-0.25, -0.2) is 0 Å². The lowest BCUT2D eigenvalue weighted by Crippen LogP contribution is -2.25. The molecule has 0 unspecified atom stereocenters. The lowest BCUT2D eigenvalue weighted by atomic mass is 10.1. The Morgan fingerprint density at radius 2 is 2.15 bits per heavy atom. The van der Waals surface area contributed by atoms with Gasteiger partial charge in [-0.1, -0.05) is 0 Å². The molecule has 1 aromatic heterocycles. The topological polar surface area (TPSA) is 96.6 Å². The van der Waals surface area contributed by atoms with Crippen molar-refractivity contribution in [2.24, 2.45) is 0 Å². The summed E-state index contributed by atoms with van der Waals surface area (Å²) in [4.78, 5) is 27.0. The number of hydrogen-bond donors (Lipinski definition) is 1. The van der Waals surface area contributed by atoms with Crippen molar-refractivity contribution in [2.75, 3.05) is 18.5 Å². The second-order valence-corrected chi connectivity index (χ2v) is 4.48. The van der Waals surface area contributed by atoms with Crippen LogP contribution in [0.25, 0.3) is 10.8 Å². The van der Waals surface area contributed by atoms with E-state index in [1.807, 2.05) is 0 Å². The van der Waals surface area contributed by atoms with Gasteiger partial charge in [-0.15, -0.1) is 0 Å². The SMILES string of the molecule is Cc1cc2c(N(C)CC(=O)O)ccc([N+](=O)[O-])c2cn1. The predicted molar refractivity (Wildman–Crippen MR) is 74.0 cm³/mol. The number of hydrogen-bond acceptors (Lipinski definition) is 5. The summed E-state index contributed by atoms with van der Waals surface area (Å²) in [6.45, 7) is 1.59. The van der Waals surface area contributed by atoms with E-state index in [9.17, 15) is 14.9 Å². The molecule has 7 heteroatoms. The number of carbonyl (C=O) groups is 1. The summed E-state index contributed by atoms with van der Waals surface area (Å²) in [5.41, 5.74) is 1.29. The average Bonchev–Trinajstić information content (AvgIpc) is 2.35. The molecule has 2 aromatic rings. The van der Waals surface area contributed by atoms with Crippen LogP contribution >= 0.6 is 0 Å². The van der Waals surface area contributed by atoms with E-state index >= 15 is 0 Å². The Labute approximate surface area is 114 Å². The van der Waals surface area contributed by atoms with Gasteiger partial charge in [0.05, 0.1) is 10.3 Å². The number of carboxylic acid groups (broad SMARTS) is 1. The van der Waals surface area contributed by atoms with Crippen LogP contribution in [0.2, 0.25) is 0 Å². The zero-order chi connectivity index (χ0) is 14.9. The Bertz CT molecular complexity index is 699. The molecule has 1 N–H and O–H groups in total. The highest BCUT2D eigenvalue weighted by atomic mass is 16.6. The Morgan fingerprint density at radius 1 is 1.45 bits per heavy atom. The van der Waals surface area contributed by atoms with Gasteiger partial charge in [-0.3, -0.25) is 19.9 Å². The Hall–Kier alpha value is -2.70. The van der Waals surface area contributed by atoms with Crippen LogP contribution in [0.3, 0.4) is 0 Å². The molecule has 0 amide bonds. The maximum absolute atomic E-state index is 11.0. The number of aryl methyl sites for hydroxylation is 1. The molecule has 0 saturated heterocycles. The second kappa shape index (κ2) is 5.12. The number of nitrogens with zero attached hydrogens (tertiary/aromatic N) is 3. The van der Waals surface area contributed by atoms with Crippen molar-refractivity contribution in [2.45, 2.75) is 6.92 Å². The van der Waals surface area contributed by atoms with Crippen LogP contribution in [0.4, 0.5) is 11.4 Å². The molecule has 0 aliphatic heterocycles. The number of rotatable bonds is 4. The average molecular weight is 275 g/mol. The van der Waals surface area contributed by atoms with Crippen LogP contribution in [0.15, 0.2) is 24.4 Å². The van der Waals surface area contributed by atoms with Crippen LogP contribution in [-0.4, -0.2) is 34.6 Å². The third-order valence-corrected chi connectivity index (χ3v) is 2.97. The molecule has 0 radical (unpaired) electrons. The Morgan fingerprint density at radius 3 is 2.75 bits per heavy atom. The second-order valence-electron chi connectivity index (χ2n) is 4.48. The fraction of sp³-hybridized carbons (Fsp3) is 0.231. The van der Waals surface area contributed by atoms with E-state index in [2.05, 4.69) is 4.98 Å². The Kier molecular flexibility index (Phi) is 3.51. The maximum Gasteiger partial charge on any atom is 0.323 e. The van der Waals surface area contributed by atoms with Gasteiger partial charge in [-0.05, 0) is 19.1 Å². The number of likely N-dealkylation sites (N-methyl/N-ethyl adjacent to an activating group) is 1. The first-order chi connectivity index (χ1) is 9.40. The number of non-ortho nitro benzene ring substituents is 1. The van der Waals surface area contributed by atoms with Crippen molar-refractivity contribution in [1.82, 2.24) is 4.98 Å². The fourth-order valence-corrected chi connectivity index (χ4v) is 2.09.